The molecule has 2 aromatic rings. The fourth-order valence-electron chi connectivity index (χ4n) is 1.96. The highest BCUT2D eigenvalue weighted by molar-refractivity contribution is 7.85. The fourth-order valence-corrected chi connectivity index (χ4v) is 2.49. The summed E-state index contributed by atoms with van der Waals surface area (Å²) in [4.78, 5) is 10.3. The van der Waals surface area contributed by atoms with Crippen LogP contribution < -0.4 is 14.6 Å². The number of nitrogens with two attached hydrogens (primary N) is 1. The molecule has 232 valence electrons. The molecule has 0 heterocycles. The molecular weight excluding hydrogens is 598 g/mol. The summed E-state index contributed by atoms with van der Waals surface area (Å²) >= 11 is 0. The van der Waals surface area contributed by atoms with E-state index in [1.54, 1.807) is 32.9 Å². The van der Waals surface area contributed by atoms with E-state index >= 15 is 0 Å². The zero-order chi connectivity index (χ0) is 32.1. The summed E-state index contributed by atoms with van der Waals surface area (Å²) in [5, 5.41) is 5.04. The topological polar surface area (TPSA) is 108 Å². The molecule has 0 aliphatic rings. The van der Waals surface area contributed by atoms with Crippen LogP contribution in [0.5, 0.6) is 11.5 Å². The van der Waals surface area contributed by atoms with E-state index in [1.165, 1.54) is 42.6 Å². The van der Waals surface area contributed by atoms with Crippen molar-refractivity contribution in [1.29, 1.82) is 0 Å². The number of rotatable bonds is 7. The van der Waals surface area contributed by atoms with Crippen molar-refractivity contribution in [3.8, 4) is 11.5 Å². The second-order valence-electron chi connectivity index (χ2n) is 10.1. The average molecular weight is 633 g/mol. The zero-order valence-corrected chi connectivity index (χ0v) is 25.0. The predicted octanol–water partition coefficient (Wildman–Crippen LogP) is 6.36. The van der Waals surface area contributed by atoms with Crippen LogP contribution in [0.15, 0.2) is 52.9 Å². The lowest BCUT2D eigenvalue weighted by Crippen LogP contribution is -2.27. The first-order valence-electron chi connectivity index (χ1n) is 11.7. The molecule has 0 amide bonds. The van der Waals surface area contributed by atoms with Crippen LogP contribution in [0.25, 0.3) is 0 Å². The Hall–Kier alpha value is -2.78. The molecule has 0 aliphatic heterocycles. The van der Waals surface area contributed by atoms with Crippen molar-refractivity contribution in [3.05, 3.63) is 59.7 Å². The third-order valence-electron chi connectivity index (χ3n) is 4.08. The molecule has 41 heavy (non-hydrogen) atoms. The van der Waals surface area contributed by atoms with Gasteiger partial charge in [-0.15, -0.1) is 0 Å². The van der Waals surface area contributed by atoms with Crippen LogP contribution in [-0.4, -0.2) is 56.0 Å². The van der Waals surface area contributed by atoms with Gasteiger partial charge in [-0.25, -0.2) is 8.42 Å². The summed E-state index contributed by atoms with van der Waals surface area (Å²) in [6.45, 7) is 8.15. The number of carbonyl (C=O) groups is 1. The van der Waals surface area contributed by atoms with Crippen molar-refractivity contribution in [2.45, 2.75) is 63.4 Å². The van der Waals surface area contributed by atoms with E-state index in [9.17, 15) is 39.6 Å². The zero-order valence-electron chi connectivity index (χ0n) is 23.3. The Labute approximate surface area is 240 Å². The van der Waals surface area contributed by atoms with Crippen molar-refractivity contribution < 1.29 is 49.0 Å². The number of halogens is 6. The molecule has 0 aliphatic carbocycles. The number of alkyl halides is 6. The fraction of sp³-hybridized carbons (Fsp3) is 0.462. The summed E-state index contributed by atoms with van der Waals surface area (Å²) in [5.74, 6) is 0.125. The van der Waals surface area contributed by atoms with Gasteiger partial charge in [-0.2, -0.15) is 30.7 Å². The van der Waals surface area contributed by atoms with Gasteiger partial charge in [0.1, 0.15) is 28.8 Å². The van der Waals surface area contributed by atoms with Gasteiger partial charge in [0.2, 0.25) is 0 Å². The predicted molar refractivity (Wildman–Crippen MR) is 149 cm³/mol. The molecule has 2 aromatic carbocycles. The first-order chi connectivity index (χ1) is 18.5. The second kappa shape index (κ2) is 16.6. The van der Waals surface area contributed by atoms with E-state index in [1.807, 2.05) is 20.8 Å². The number of nitrogens with zero attached hydrogens (tertiary/aromatic N) is 1. The van der Waals surface area contributed by atoms with Gasteiger partial charge < -0.3 is 9.47 Å². The lowest BCUT2D eigenvalue weighted by Gasteiger charge is -2.12. The summed E-state index contributed by atoms with van der Waals surface area (Å²) in [7, 11) is -2.60. The highest BCUT2D eigenvalue weighted by atomic mass is 32.2. The number of benzene rings is 2. The molecule has 15 heteroatoms. The van der Waals surface area contributed by atoms with Crippen LogP contribution in [0, 0.1) is 0 Å². The first-order valence-corrected chi connectivity index (χ1v) is 14.0. The molecule has 0 bridgehead atoms. The Morgan fingerprint density at radius 2 is 1.15 bits per heavy atom. The van der Waals surface area contributed by atoms with Crippen molar-refractivity contribution in [2.75, 3.05) is 13.2 Å². The molecule has 0 saturated heterocycles. The van der Waals surface area contributed by atoms with Crippen LogP contribution in [0.3, 0.4) is 0 Å². The summed E-state index contributed by atoms with van der Waals surface area (Å²) < 4.78 is 106. The van der Waals surface area contributed by atoms with Gasteiger partial charge in [-0.1, -0.05) is 24.3 Å². The number of ether oxygens (including phenoxy) is 2. The van der Waals surface area contributed by atoms with Crippen LogP contribution in [0.1, 0.15) is 57.5 Å². The molecule has 0 radical (unpaired) electrons. The second-order valence-corrected chi connectivity index (χ2v) is 13.8. The SMILES string of the molecule is CC(C)(C)[S@@](=O)N=Cc1cccc(OCC(F)(F)F)c1.CC(C)(C)[S@](N)=O.O=Cc1cccc(OCC(F)(F)F)c1. The van der Waals surface area contributed by atoms with Gasteiger partial charge in [0.15, 0.2) is 13.2 Å². The smallest absolute Gasteiger partial charge is 0.422 e. The van der Waals surface area contributed by atoms with Gasteiger partial charge in [0.25, 0.3) is 0 Å². The summed E-state index contributed by atoms with van der Waals surface area (Å²) in [6, 6.07) is 11.6. The van der Waals surface area contributed by atoms with Crippen molar-refractivity contribution in [1.82, 2.24) is 0 Å². The van der Waals surface area contributed by atoms with Gasteiger partial charge in [-0.3, -0.25) is 9.93 Å². The molecule has 2 rings (SSSR count). The molecule has 7 nitrogen and oxygen atoms in total. The lowest BCUT2D eigenvalue weighted by molar-refractivity contribution is -0.154. The largest absolute Gasteiger partial charge is 0.484 e. The van der Waals surface area contributed by atoms with Crippen molar-refractivity contribution in [2.24, 2.45) is 9.54 Å². The molecule has 2 atom stereocenters. The quantitative estimate of drug-likeness (QED) is 0.217. The number of hydrogen-bond donors (Lipinski definition) is 1. The Morgan fingerprint density at radius 1 is 0.756 bits per heavy atom. The molecule has 0 fully saturated rings. The third kappa shape index (κ3) is 19.9. The molecule has 0 aromatic heterocycles. The first kappa shape index (κ1) is 38.2. The minimum atomic E-state index is -4.38. The molecule has 0 saturated carbocycles. The van der Waals surface area contributed by atoms with E-state index in [-0.39, 0.29) is 21.8 Å². The molecule has 0 unspecified atom stereocenters. The molecule has 0 spiro atoms. The maximum atomic E-state index is 12.0. The highest BCUT2D eigenvalue weighted by Crippen LogP contribution is 2.20. The van der Waals surface area contributed by atoms with Crippen LogP contribution in [0.4, 0.5) is 26.3 Å². The van der Waals surface area contributed by atoms with Gasteiger partial charge in [0.05, 0.1) is 20.5 Å². The summed E-state index contributed by atoms with van der Waals surface area (Å²) in [5.41, 5.74) is 0.812. The number of hydrogen-bond acceptors (Lipinski definition) is 5. The van der Waals surface area contributed by atoms with Crippen molar-refractivity contribution >= 4 is 34.5 Å². The Kier molecular flexibility index (Phi) is 15.5. The average Bonchev–Trinajstić information content (AvgIpc) is 2.84. The minimum absolute atomic E-state index is 0.0342. The molecular formula is C26H34F6N2O5S2. The maximum absolute atomic E-state index is 12.0. The van der Waals surface area contributed by atoms with E-state index < -0.39 is 52.3 Å². The highest BCUT2D eigenvalue weighted by Gasteiger charge is 2.29. The van der Waals surface area contributed by atoms with Gasteiger partial charge >= 0.3 is 12.4 Å². The molecule has 2 N–H and O–H groups in total. The van der Waals surface area contributed by atoms with E-state index in [0.29, 0.717) is 11.8 Å². The third-order valence-corrected chi connectivity index (χ3v) is 6.63. The van der Waals surface area contributed by atoms with Crippen LogP contribution >= 0.6 is 0 Å². The van der Waals surface area contributed by atoms with Crippen LogP contribution in [0.2, 0.25) is 0 Å². The van der Waals surface area contributed by atoms with E-state index in [4.69, 9.17) is 5.14 Å². The number of carbonyl (C=O) groups excluding carboxylic acids is 1. The van der Waals surface area contributed by atoms with E-state index in [2.05, 4.69) is 13.9 Å². The van der Waals surface area contributed by atoms with Crippen LogP contribution in [-0.2, 0) is 22.0 Å². The standard InChI is InChI=1S/C13H16F3NO2S.C9H7F3O2.C4H11NOS/c1-12(2,3)20(18)17-8-10-5-4-6-11(7-10)19-9-13(14,15)16;10-9(11,12)6-14-8-3-1-2-7(4-8)5-13;1-4(2,3)7(5)6/h4-8H,9H2,1-3H3;1-5H,6H2;5H2,1-3H3/t20-;;7-/m1.1/s1. The number of aldehydes is 1. The Morgan fingerprint density at radius 3 is 1.49 bits per heavy atom. The normalized spacial score (nSPS) is 13.7. The van der Waals surface area contributed by atoms with Gasteiger partial charge in [-0.05, 0) is 71.4 Å². The monoisotopic (exact) mass is 632 g/mol. The Bertz CT molecular complexity index is 1170. The lowest BCUT2D eigenvalue weighted by atomic mass is 10.2. The van der Waals surface area contributed by atoms with Gasteiger partial charge in [0, 0.05) is 11.8 Å². The Balaban J connectivity index is 0.000000659. The maximum Gasteiger partial charge on any atom is 0.422 e. The van der Waals surface area contributed by atoms with Crippen molar-refractivity contribution in [3.63, 3.8) is 0 Å². The minimum Gasteiger partial charge on any atom is -0.484 e. The van der Waals surface area contributed by atoms with E-state index in [0.717, 1.165) is 0 Å². The summed E-state index contributed by atoms with van der Waals surface area (Å²) in [6.07, 6.45) is -6.84.